The van der Waals surface area contributed by atoms with Crippen molar-refractivity contribution in [2.45, 2.75) is 18.7 Å². The Morgan fingerprint density at radius 1 is 0.914 bits per heavy atom. The molecular formula is C25H21FN4O4S. The molecule has 0 spiro atoms. The molecule has 0 atom stereocenters. The van der Waals surface area contributed by atoms with Gasteiger partial charge in [-0.25, -0.2) is 22.8 Å². The number of carbonyl (C=O) groups excluding carboxylic acids is 1. The number of hydrogen-bond donors (Lipinski definition) is 2. The summed E-state index contributed by atoms with van der Waals surface area (Å²) in [6, 6.07) is 16.1. The van der Waals surface area contributed by atoms with E-state index in [1.165, 1.54) is 24.3 Å². The average molecular weight is 493 g/mol. The minimum atomic E-state index is -4.00. The van der Waals surface area contributed by atoms with Gasteiger partial charge in [0.05, 0.1) is 4.90 Å². The molecule has 4 aromatic rings. The number of ether oxygens (including phenoxy) is 1. The highest BCUT2D eigenvalue weighted by atomic mass is 32.2. The molecule has 1 aromatic heterocycles. The maximum Gasteiger partial charge on any atom is 0.321 e. The van der Waals surface area contributed by atoms with Crippen LogP contribution in [0, 0.1) is 19.7 Å². The van der Waals surface area contributed by atoms with Gasteiger partial charge in [0.15, 0.2) is 0 Å². The van der Waals surface area contributed by atoms with Crippen LogP contribution in [0.4, 0.5) is 15.8 Å². The van der Waals surface area contributed by atoms with Crippen LogP contribution < -0.4 is 14.8 Å². The van der Waals surface area contributed by atoms with Crippen LogP contribution in [-0.2, 0) is 10.0 Å². The van der Waals surface area contributed by atoms with E-state index < -0.39 is 21.7 Å². The van der Waals surface area contributed by atoms with E-state index in [0.29, 0.717) is 17.0 Å². The second kappa shape index (κ2) is 9.90. The maximum absolute atomic E-state index is 13.1. The van der Waals surface area contributed by atoms with Crippen molar-refractivity contribution < 1.29 is 22.3 Å². The number of benzene rings is 3. The van der Waals surface area contributed by atoms with Gasteiger partial charge in [-0.05, 0) is 85.6 Å². The molecule has 0 saturated carbocycles. The number of nitrogens with one attached hydrogen (secondary N) is 2. The van der Waals surface area contributed by atoms with E-state index in [1.54, 1.807) is 56.6 Å². The number of anilines is 2. The van der Waals surface area contributed by atoms with Crippen molar-refractivity contribution in [3.05, 3.63) is 102 Å². The van der Waals surface area contributed by atoms with E-state index in [4.69, 9.17) is 4.74 Å². The predicted molar refractivity (Wildman–Crippen MR) is 130 cm³/mol. The highest BCUT2D eigenvalue weighted by Gasteiger charge is 2.19. The van der Waals surface area contributed by atoms with E-state index in [-0.39, 0.29) is 22.2 Å². The van der Waals surface area contributed by atoms with Crippen LogP contribution in [0.25, 0.3) is 0 Å². The summed E-state index contributed by atoms with van der Waals surface area (Å²) in [6.07, 6.45) is 3.13. The van der Waals surface area contributed by atoms with Gasteiger partial charge in [-0.2, -0.15) is 0 Å². The van der Waals surface area contributed by atoms with E-state index in [2.05, 4.69) is 20.0 Å². The molecule has 8 nitrogen and oxygen atoms in total. The van der Waals surface area contributed by atoms with Crippen molar-refractivity contribution in [3.63, 3.8) is 0 Å². The Morgan fingerprint density at radius 3 is 2.31 bits per heavy atom. The fraction of sp³-hybridized carbons (Fsp3) is 0.0800. The summed E-state index contributed by atoms with van der Waals surface area (Å²) in [4.78, 5) is 20.9. The Balaban J connectivity index is 1.52. The molecule has 1 amide bonds. The van der Waals surface area contributed by atoms with E-state index in [9.17, 15) is 17.6 Å². The number of sulfonamides is 1. The number of hydrogen-bond acceptors (Lipinski definition) is 6. The first-order valence-corrected chi connectivity index (χ1v) is 12.0. The van der Waals surface area contributed by atoms with E-state index in [0.717, 1.165) is 17.7 Å². The summed E-state index contributed by atoms with van der Waals surface area (Å²) < 4.78 is 46.7. The molecule has 10 heteroatoms. The second-order valence-corrected chi connectivity index (χ2v) is 9.34. The fourth-order valence-corrected chi connectivity index (χ4v) is 4.30. The van der Waals surface area contributed by atoms with Gasteiger partial charge in [-0.3, -0.25) is 9.52 Å². The normalized spacial score (nSPS) is 11.1. The zero-order chi connectivity index (χ0) is 25.0. The monoisotopic (exact) mass is 492 g/mol. The molecular weight excluding hydrogens is 471 g/mol. The Hall–Kier alpha value is -4.31. The van der Waals surface area contributed by atoms with Gasteiger partial charge >= 0.3 is 6.01 Å². The van der Waals surface area contributed by atoms with E-state index in [1.807, 2.05) is 0 Å². The zero-order valence-electron chi connectivity index (χ0n) is 18.8. The van der Waals surface area contributed by atoms with Crippen LogP contribution in [-0.4, -0.2) is 24.3 Å². The number of carbonyl (C=O) groups is 1. The van der Waals surface area contributed by atoms with Crippen molar-refractivity contribution in [3.8, 4) is 11.8 Å². The number of halogens is 1. The third-order valence-electron chi connectivity index (χ3n) is 5.06. The summed E-state index contributed by atoms with van der Waals surface area (Å²) >= 11 is 0. The van der Waals surface area contributed by atoms with Gasteiger partial charge in [0.25, 0.3) is 15.9 Å². The van der Waals surface area contributed by atoms with Crippen molar-refractivity contribution in [2.24, 2.45) is 0 Å². The minimum absolute atomic E-state index is 0.0964. The molecule has 0 aliphatic carbocycles. The molecule has 35 heavy (non-hydrogen) atoms. The lowest BCUT2D eigenvalue weighted by molar-refractivity contribution is 0.102. The third kappa shape index (κ3) is 5.79. The molecule has 0 saturated heterocycles. The predicted octanol–water partition coefficient (Wildman–Crippen LogP) is 5.08. The first kappa shape index (κ1) is 23.8. The molecule has 0 fully saturated rings. The lowest BCUT2D eigenvalue weighted by Crippen LogP contribution is -2.17. The molecule has 0 aliphatic rings. The molecule has 178 valence electrons. The Morgan fingerprint density at radius 2 is 1.63 bits per heavy atom. The SMILES string of the molecule is Cc1cc(Oc2ncccn2)ccc1NC(=O)c1cc(S(=O)(=O)Nc2ccc(F)cc2)ccc1C. The van der Waals surface area contributed by atoms with Gasteiger partial charge in [0, 0.05) is 29.3 Å². The molecule has 1 heterocycles. The summed E-state index contributed by atoms with van der Waals surface area (Å²) in [5, 5.41) is 2.81. The molecule has 0 unspecified atom stereocenters. The van der Waals surface area contributed by atoms with Gasteiger partial charge in [0.2, 0.25) is 0 Å². The third-order valence-corrected chi connectivity index (χ3v) is 6.44. The highest BCUT2D eigenvalue weighted by Crippen LogP contribution is 2.26. The van der Waals surface area contributed by atoms with Crippen molar-refractivity contribution in [1.82, 2.24) is 9.97 Å². The zero-order valence-corrected chi connectivity index (χ0v) is 19.6. The summed E-state index contributed by atoms with van der Waals surface area (Å²) in [5.74, 6) is -0.446. The van der Waals surface area contributed by atoms with Crippen molar-refractivity contribution in [1.29, 1.82) is 0 Å². The number of aryl methyl sites for hydroxylation is 2. The summed E-state index contributed by atoms with van der Waals surface area (Å²) in [7, 11) is -4.00. The summed E-state index contributed by atoms with van der Waals surface area (Å²) in [5.41, 5.74) is 2.27. The highest BCUT2D eigenvalue weighted by molar-refractivity contribution is 7.92. The van der Waals surface area contributed by atoms with Crippen LogP contribution in [0.2, 0.25) is 0 Å². The van der Waals surface area contributed by atoms with Gasteiger partial charge in [-0.15, -0.1) is 0 Å². The molecule has 2 N–H and O–H groups in total. The molecule has 4 rings (SSSR count). The minimum Gasteiger partial charge on any atom is -0.424 e. The van der Waals surface area contributed by atoms with Gasteiger partial charge < -0.3 is 10.1 Å². The van der Waals surface area contributed by atoms with Crippen LogP contribution >= 0.6 is 0 Å². The summed E-state index contributed by atoms with van der Waals surface area (Å²) in [6.45, 7) is 3.51. The van der Waals surface area contributed by atoms with Crippen LogP contribution in [0.1, 0.15) is 21.5 Å². The molecule has 3 aromatic carbocycles. The average Bonchev–Trinajstić information content (AvgIpc) is 2.83. The number of aromatic nitrogens is 2. The van der Waals surface area contributed by atoms with Gasteiger partial charge in [-0.1, -0.05) is 6.07 Å². The smallest absolute Gasteiger partial charge is 0.321 e. The van der Waals surface area contributed by atoms with E-state index >= 15 is 0 Å². The number of nitrogens with zero attached hydrogens (tertiary/aromatic N) is 2. The number of amides is 1. The first-order chi connectivity index (χ1) is 16.7. The standard InChI is InChI=1S/C25H21FN4O4S/c1-16-4-10-21(35(32,33)30-19-7-5-18(26)6-8-19)15-22(16)24(31)29-23-11-9-20(14-17(23)2)34-25-27-12-3-13-28-25/h3-15,30H,1-2H3,(H,29,31). The maximum atomic E-state index is 13.1. The Bertz CT molecular complexity index is 1480. The van der Waals surface area contributed by atoms with Crippen molar-refractivity contribution in [2.75, 3.05) is 10.0 Å². The number of rotatable bonds is 7. The Labute approximate surface area is 201 Å². The molecule has 0 aliphatic heterocycles. The second-order valence-electron chi connectivity index (χ2n) is 7.65. The molecule has 0 radical (unpaired) electrons. The van der Waals surface area contributed by atoms with Crippen molar-refractivity contribution >= 4 is 27.3 Å². The topological polar surface area (TPSA) is 110 Å². The lowest BCUT2D eigenvalue weighted by atomic mass is 10.1. The fourth-order valence-electron chi connectivity index (χ4n) is 3.22. The quantitative estimate of drug-likeness (QED) is 0.372. The van der Waals surface area contributed by atoms with Crippen LogP contribution in [0.5, 0.6) is 11.8 Å². The van der Waals surface area contributed by atoms with Gasteiger partial charge in [0.1, 0.15) is 11.6 Å². The Kier molecular flexibility index (Phi) is 6.74. The van der Waals surface area contributed by atoms with Crippen LogP contribution in [0.15, 0.2) is 84.0 Å². The largest absolute Gasteiger partial charge is 0.424 e. The van der Waals surface area contributed by atoms with Crippen LogP contribution in [0.3, 0.4) is 0 Å². The molecule has 0 bridgehead atoms. The lowest BCUT2D eigenvalue weighted by Gasteiger charge is -2.13. The first-order valence-electron chi connectivity index (χ1n) is 10.5.